The van der Waals surface area contributed by atoms with Gasteiger partial charge < -0.3 is 15.4 Å². The Hall–Kier alpha value is -1.04. The van der Waals surface area contributed by atoms with E-state index < -0.39 is 0 Å². The van der Waals surface area contributed by atoms with Crippen molar-refractivity contribution in [2.24, 2.45) is 0 Å². The number of anilines is 1. The van der Waals surface area contributed by atoms with Gasteiger partial charge in [0.25, 0.3) is 5.91 Å². The lowest BCUT2D eigenvalue weighted by Gasteiger charge is -2.22. The molecule has 1 aliphatic heterocycles. The van der Waals surface area contributed by atoms with E-state index in [1.165, 1.54) is 4.90 Å². The van der Waals surface area contributed by atoms with Crippen LogP contribution in [0.1, 0.15) is 0 Å². The summed E-state index contributed by atoms with van der Waals surface area (Å²) in [5.41, 5.74) is 0.807. The van der Waals surface area contributed by atoms with Crippen LogP contribution < -0.4 is 10.6 Å². The van der Waals surface area contributed by atoms with Gasteiger partial charge >= 0.3 is 0 Å². The average molecular weight is 252 g/mol. The summed E-state index contributed by atoms with van der Waals surface area (Å²) in [6, 6.07) is 7.78. The van der Waals surface area contributed by atoms with Gasteiger partial charge in [-0.05, 0) is 30.5 Å². The molecule has 92 valence electrons. The van der Waals surface area contributed by atoms with E-state index in [2.05, 4.69) is 10.6 Å². The molecule has 1 atom stereocenters. The van der Waals surface area contributed by atoms with Crippen molar-refractivity contribution < 1.29 is 9.53 Å². The van der Waals surface area contributed by atoms with Crippen LogP contribution in [0.3, 0.4) is 0 Å². The highest BCUT2D eigenvalue weighted by atomic mass is 32.2. The van der Waals surface area contributed by atoms with Gasteiger partial charge in [0, 0.05) is 23.7 Å². The highest BCUT2D eigenvalue weighted by Gasteiger charge is 2.21. The van der Waals surface area contributed by atoms with Gasteiger partial charge in [-0.25, -0.2) is 0 Å². The fraction of sp³-hybridized carbons (Fsp3) is 0.417. The maximum Gasteiger partial charge on any atom is 0.254 e. The normalized spacial score (nSPS) is 19.9. The molecule has 2 N–H and O–H groups in total. The van der Waals surface area contributed by atoms with E-state index in [4.69, 9.17) is 4.74 Å². The molecule has 0 aliphatic carbocycles. The van der Waals surface area contributed by atoms with E-state index in [-0.39, 0.29) is 12.0 Å². The number of thioether (sulfide) groups is 1. The summed E-state index contributed by atoms with van der Waals surface area (Å²) in [6.45, 7) is 1.98. The minimum Gasteiger partial charge on any atom is -0.366 e. The molecule has 1 saturated heterocycles. The monoisotopic (exact) mass is 252 g/mol. The molecule has 4 nitrogen and oxygen atoms in total. The van der Waals surface area contributed by atoms with Crippen LogP contribution >= 0.6 is 11.8 Å². The summed E-state index contributed by atoms with van der Waals surface area (Å²) in [5, 5.41) is 5.98. The number of rotatable bonds is 3. The Labute approximate surface area is 105 Å². The van der Waals surface area contributed by atoms with Crippen molar-refractivity contribution in [1.82, 2.24) is 5.32 Å². The zero-order valence-electron chi connectivity index (χ0n) is 9.73. The number of carbonyl (C=O) groups excluding carboxylic acids is 1. The lowest BCUT2D eigenvalue weighted by atomic mass is 10.2. The Morgan fingerprint density at radius 2 is 2.24 bits per heavy atom. The van der Waals surface area contributed by atoms with E-state index >= 15 is 0 Å². The van der Waals surface area contributed by atoms with E-state index in [9.17, 15) is 4.79 Å². The van der Waals surface area contributed by atoms with Crippen LogP contribution in [0.5, 0.6) is 0 Å². The Kier molecular flexibility index (Phi) is 4.42. The predicted molar refractivity (Wildman–Crippen MR) is 69.5 cm³/mol. The smallest absolute Gasteiger partial charge is 0.254 e. The van der Waals surface area contributed by atoms with Crippen LogP contribution in [0.4, 0.5) is 5.69 Å². The number of morpholine rings is 1. The first-order valence-electron chi connectivity index (χ1n) is 5.57. The van der Waals surface area contributed by atoms with Gasteiger partial charge in [0.1, 0.15) is 6.10 Å². The zero-order valence-corrected chi connectivity index (χ0v) is 10.5. The van der Waals surface area contributed by atoms with Crippen LogP contribution in [0.25, 0.3) is 0 Å². The third-order valence-electron chi connectivity index (χ3n) is 2.58. The van der Waals surface area contributed by atoms with Crippen LogP contribution in [0.2, 0.25) is 0 Å². The summed E-state index contributed by atoms with van der Waals surface area (Å²) >= 11 is 1.68. The van der Waals surface area contributed by atoms with Gasteiger partial charge in [-0.3, -0.25) is 4.79 Å². The maximum atomic E-state index is 11.8. The summed E-state index contributed by atoms with van der Waals surface area (Å²) < 4.78 is 5.38. The SMILES string of the molecule is CSc1ccc(NC(=O)C2CNCCO2)cc1. The molecule has 2 rings (SSSR count). The van der Waals surface area contributed by atoms with Gasteiger partial charge in [0.2, 0.25) is 0 Å². The Morgan fingerprint density at radius 3 is 2.82 bits per heavy atom. The molecule has 1 fully saturated rings. The predicted octanol–water partition coefficient (Wildman–Crippen LogP) is 1.34. The second-order valence-corrected chi connectivity index (χ2v) is 4.66. The molecule has 5 heteroatoms. The number of hydrogen-bond donors (Lipinski definition) is 2. The first-order valence-corrected chi connectivity index (χ1v) is 6.79. The van der Waals surface area contributed by atoms with Crippen molar-refractivity contribution in [3.63, 3.8) is 0 Å². The maximum absolute atomic E-state index is 11.8. The number of amides is 1. The second kappa shape index (κ2) is 6.05. The van der Waals surface area contributed by atoms with Crippen molar-refractivity contribution in [2.75, 3.05) is 31.3 Å². The van der Waals surface area contributed by atoms with Crippen LogP contribution in [0.15, 0.2) is 29.2 Å². The molecule has 0 aromatic heterocycles. The first-order chi connectivity index (χ1) is 8.29. The summed E-state index contributed by atoms with van der Waals surface area (Å²) in [7, 11) is 0. The molecule has 1 amide bonds. The molecular weight excluding hydrogens is 236 g/mol. The Bertz CT molecular complexity index is 375. The third kappa shape index (κ3) is 3.46. The van der Waals surface area contributed by atoms with Gasteiger partial charge in [0.05, 0.1) is 6.61 Å². The molecule has 1 aliphatic rings. The standard InChI is InChI=1S/C12H16N2O2S/c1-17-10-4-2-9(3-5-10)14-12(15)11-8-13-6-7-16-11/h2-5,11,13H,6-8H2,1H3,(H,14,15). The van der Waals surface area contributed by atoms with Gasteiger partial charge in [-0.15, -0.1) is 11.8 Å². The molecule has 0 bridgehead atoms. The molecule has 1 aromatic rings. The van der Waals surface area contributed by atoms with E-state index in [1.54, 1.807) is 11.8 Å². The van der Waals surface area contributed by atoms with Crippen molar-refractivity contribution >= 4 is 23.4 Å². The second-order valence-electron chi connectivity index (χ2n) is 3.78. The molecular formula is C12H16N2O2S. The third-order valence-corrected chi connectivity index (χ3v) is 3.32. The van der Waals surface area contributed by atoms with Crippen LogP contribution in [-0.4, -0.2) is 38.0 Å². The lowest BCUT2D eigenvalue weighted by Crippen LogP contribution is -2.45. The molecule has 1 aromatic carbocycles. The number of benzene rings is 1. The van der Waals surface area contributed by atoms with Crippen molar-refractivity contribution in [3.8, 4) is 0 Å². The Morgan fingerprint density at radius 1 is 1.47 bits per heavy atom. The molecule has 0 spiro atoms. The number of ether oxygens (including phenoxy) is 1. The van der Waals surface area contributed by atoms with E-state index in [1.807, 2.05) is 30.5 Å². The number of nitrogens with one attached hydrogen (secondary N) is 2. The van der Waals surface area contributed by atoms with Crippen molar-refractivity contribution in [1.29, 1.82) is 0 Å². The van der Waals surface area contributed by atoms with Crippen molar-refractivity contribution in [3.05, 3.63) is 24.3 Å². The largest absolute Gasteiger partial charge is 0.366 e. The summed E-state index contributed by atoms with van der Waals surface area (Å²) in [6.07, 6.45) is 1.64. The molecule has 17 heavy (non-hydrogen) atoms. The molecule has 1 heterocycles. The average Bonchev–Trinajstić information content (AvgIpc) is 2.40. The minimum absolute atomic E-state index is 0.0888. The zero-order chi connectivity index (χ0) is 12.1. The van der Waals surface area contributed by atoms with E-state index in [0.29, 0.717) is 13.2 Å². The number of carbonyl (C=O) groups is 1. The number of hydrogen-bond acceptors (Lipinski definition) is 4. The molecule has 0 radical (unpaired) electrons. The first kappa shape index (κ1) is 12.4. The summed E-state index contributed by atoms with van der Waals surface area (Å²) in [4.78, 5) is 13.0. The highest BCUT2D eigenvalue weighted by molar-refractivity contribution is 7.98. The Balaban J connectivity index is 1.92. The van der Waals surface area contributed by atoms with Gasteiger partial charge in [0.15, 0.2) is 0 Å². The summed E-state index contributed by atoms with van der Waals surface area (Å²) in [5.74, 6) is -0.0888. The van der Waals surface area contributed by atoms with Crippen molar-refractivity contribution in [2.45, 2.75) is 11.0 Å². The topological polar surface area (TPSA) is 50.4 Å². The molecule has 0 saturated carbocycles. The van der Waals surface area contributed by atoms with E-state index in [0.717, 1.165) is 12.2 Å². The minimum atomic E-state index is -0.385. The highest BCUT2D eigenvalue weighted by Crippen LogP contribution is 2.17. The quantitative estimate of drug-likeness (QED) is 0.797. The lowest BCUT2D eigenvalue weighted by molar-refractivity contribution is -0.128. The molecule has 1 unspecified atom stereocenters. The van der Waals surface area contributed by atoms with Gasteiger partial charge in [-0.1, -0.05) is 0 Å². The van der Waals surface area contributed by atoms with Crippen LogP contribution in [0, 0.1) is 0 Å². The van der Waals surface area contributed by atoms with Gasteiger partial charge in [-0.2, -0.15) is 0 Å². The fourth-order valence-corrected chi connectivity index (χ4v) is 2.04. The fourth-order valence-electron chi connectivity index (χ4n) is 1.63. The van der Waals surface area contributed by atoms with Crippen LogP contribution in [-0.2, 0) is 9.53 Å².